The van der Waals surface area contributed by atoms with Gasteiger partial charge in [-0.3, -0.25) is 0 Å². The van der Waals surface area contributed by atoms with Crippen molar-refractivity contribution in [1.82, 2.24) is 0 Å². The molecule has 0 radical (unpaired) electrons. The second-order valence-electron chi connectivity index (χ2n) is 2.33. The number of halogens is 2. The highest BCUT2D eigenvalue weighted by atomic mass is 32.2. The lowest BCUT2D eigenvalue weighted by Gasteiger charge is -2.02. The van der Waals surface area contributed by atoms with Gasteiger partial charge in [-0.2, -0.15) is 11.8 Å². The minimum Gasteiger partial charge on any atom is -0.505 e. The van der Waals surface area contributed by atoms with E-state index in [2.05, 4.69) is 0 Å². The molecule has 1 aromatic rings. The number of thioether (sulfide) groups is 1. The molecule has 1 aromatic carbocycles. The summed E-state index contributed by atoms with van der Waals surface area (Å²) in [4.78, 5) is 0. The van der Waals surface area contributed by atoms with Gasteiger partial charge >= 0.3 is 0 Å². The minimum atomic E-state index is -0.777. The molecule has 0 amide bonds. The van der Waals surface area contributed by atoms with Crippen LogP contribution in [0.15, 0.2) is 12.1 Å². The van der Waals surface area contributed by atoms with Gasteiger partial charge in [-0.05, 0) is 12.3 Å². The molecule has 0 saturated heterocycles. The Labute approximate surface area is 73.4 Å². The Kier molecular flexibility index (Phi) is 2.92. The van der Waals surface area contributed by atoms with Crippen LogP contribution in [-0.4, -0.2) is 11.4 Å². The number of aromatic hydroxyl groups is 1. The SMILES string of the molecule is CSCc1cc(F)c(O)cc1F. The second-order valence-corrected chi connectivity index (χ2v) is 3.19. The van der Waals surface area contributed by atoms with Gasteiger partial charge in [0, 0.05) is 17.4 Å². The molecule has 0 bridgehead atoms. The van der Waals surface area contributed by atoms with Gasteiger partial charge in [0.2, 0.25) is 0 Å². The van der Waals surface area contributed by atoms with E-state index in [1.807, 2.05) is 0 Å². The molecule has 1 nitrogen and oxygen atoms in total. The van der Waals surface area contributed by atoms with Gasteiger partial charge in [0.15, 0.2) is 11.6 Å². The van der Waals surface area contributed by atoms with Crippen molar-refractivity contribution >= 4 is 11.8 Å². The van der Waals surface area contributed by atoms with E-state index in [-0.39, 0.29) is 5.56 Å². The first kappa shape index (κ1) is 9.32. The topological polar surface area (TPSA) is 20.2 Å². The minimum absolute atomic E-state index is 0.276. The van der Waals surface area contributed by atoms with Gasteiger partial charge < -0.3 is 5.11 Å². The van der Waals surface area contributed by atoms with E-state index in [4.69, 9.17) is 5.11 Å². The zero-order valence-electron chi connectivity index (χ0n) is 6.47. The molecule has 66 valence electrons. The number of benzene rings is 1. The Balaban J connectivity index is 3.05. The fourth-order valence-corrected chi connectivity index (χ4v) is 1.38. The number of hydrogen-bond acceptors (Lipinski definition) is 2. The standard InChI is InChI=1S/C8H8F2OS/c1-12-4-5-2-7(10)8(11)3-6(5)9/h2-3,11H,4H2,1H3. The average Bonchev–Trinajstić information content (AvgIpc) is 2.01. The summed E-state index contributed by atoms with van der Waals surface area (Å²) in [6, 6.07) is 1.81. The van der Waals surface area contributed by atoms with E-state index in [0.29, 0.717) is 5.75 Å². The fraction of sp³-hybridized carbons (Fsp3) is 0.250. The van der Waals surface area contributed by atoms with Crippen molar-refractivity contribution in [2.24, 2.45) is 0 Å². The van der Waals surface area contributed by atoms with Gasteiger partial charge in [0.25, 0.3) is 0 Å². The molecule has 0 atom stereocenters. The number of hydrogen-bond donors (Lipinski definition) is 1. The third-order valence-corrected chi connectivity index (χ3v) is 2.02. The quantitative estimate of drug-likeness (QED) is 0.773. The van der Waals surface area contributed by atoms with Crippen LogP contribution in [0.4, 0.5) is 8.78 Å². The predicted octanol–water partition coefficient (Wildman–Crippen LogP) is 2.53. The van der Waals surface area contributed by atoms with E-state index in [1.54, 1.807) is 6.26 Å². The van der Waals surface area contributed by atoms with E-state index in [0.717, 1.165) is 12.1 Å². The summed E-state index contributed by atoms with van der Waals surface area (Å²) in [7, 11) is 0. The van der Waals surface area contributed by atoms with Crippen molar-refractivity contribution in [3.8, 4) is 5.75 Å². The van der Waals surface area contributed by atoms with Crippen LogP contribution >= 0.6 is 11.8 Å². The molecule has 0 spiro atoms. The highest BCUT2D eigenvalue weighted by Crippen LogP contribution is 2.22. The van der Waals surface area contributed by atoms with Crippen molar-refractivity contribution in [1.29, 1.82) is 0 Å². The van der Waals surface area contributed by atoms with Crippen molar-refractivity contribution < 1.29 is 13.9 Å². The highest BCUT2D eigenvalue weighted by molar-refractivity contribution is 7.97. The first-order valence-electron chi connectivity index (χ1n) is 3.31. The van der Waals surface area contributed by atoms with E-state index in [9.17, 15) is 8.78 Å². The lowest BCUT2D eigenvalue weighted by molar-refractivity contribution is 0.425. The molecule has 0 fully saturated rings. The van der Waals surface area contributed by atoms with Crippen LogP contribution in [-0.2, 0) is 5.75 Å². The van der Waals surface area contributed by atoms with Crippen LogP contribution < -0.4 is 0 Å². The van der Waals surface area contributed by atoms with Crippen LogP contribution in [0.5, 0.6) is 5.75 Å². The van der Waals surface area contributed by atoms with Crippen molar-refractivity contribution in [3.05, 3.63) is 29.3 Å². The number of phenolic OH excluding ortho intramolecular Hbond substituents is 1. The Bertz CT molecular complexity index is 289. The molecule has 0 heterocycles. The van der Waals surface area contributed by atoms with Gasteiger partial charge in [-0.25, -0.2) is 8.78 Å². The molecule has 0 saturated carbocycles. The summed E-state index contributed by atoms with van der Waals surface area (Å²) in [5.41, 5.74) is 0.276. The number of rotatable bonds is 2. The summed E-state index contributed by atoms with van der Waals surface area (Å²) in [6.07, 6.45) is 1.80. The normalized spacial score (nSPS) is 10.2. The maximum absolute atomic E-state index is 12.9. The van der Waals surface area contributed by atoms with E-state index in [1.165, 1.54) is 11.8 Å². The van der Waals surface area contributed by atoms with Crippen molar-refractivity contribution in [2.45, 2.75) is 5.75 Å². The smallest absolute Gasteiger partial charge is 0.165 e. The Morgan fingerprint density at radius 1 is 1.33 bits per heavy atom. The monoisotopic (exact) mass is 190 g/mol. The lowest BCUT2D eigenvalue weighted by Crippen LogP contribution is -1.89. The van der Waals surface area contributed by atoms with Gasteiger partial charge in [-0.15, -0.1) is 0 Å². The summed E-state index contributed by atoms with van der Waals surface area (Å²) >= 11 is 1.40. The first-order valence-corrected chi connectivity index (χ1v) is 4.70. The molecular weight excluding hydrogens is 182 g/mol. The maximum Gasteiger partial charge on any atom is 0.165 e. The summed E-state index contributed by atoms with van der Waals surface area (Å²) in [5, 5.41) is 8.77. The molecule has 1 N–H and O–H groups in total. The van der Waals surface area contributed by atoms with Crippen LogP contribution in [0, 0.1) is 11.6 Å². The highest BCUT2D eigenvalue weighted by Gasteiger charge is 2.07. The van der Waals surface area contributed by atoms with Crippen LogP contribution in [0.3, 0.4) is 0 Å². The molecule has 0 aromatic heterocycles. The molecule has 0 aliphatic heterocycles. The molecular formula is C8H8F2OS. The Morgan fingerprint density at radius 2 is 2.00 bits per heavy atom. The van der Waals surface area contributed by atoms with Gasteiger partial charge in [0.05, 0.1) is 0 Å². The number of phenols is 1. The fourth-order valence-electron chi connectivity index (χ4n) is 0.844. The van der Waals surface area contributed by atoms with Gasteiger partial charge in [0.1, 0.15) is 5.82 Å². The summed E-state index contributed by atoms with van der Waals surface area (Å²) < 4.78 is 25.5. The lowest BCUT2D eigenvalue weighted by atomic mass is 10.2. The Morgan fingerprint density at radius 3 is 2.58 bits per heavy atom. The zero-order valence-corrected chi connectivity index (χ0v) is 7.29. The van der Waals surface area contributed by atoms with Crippen molar-refractivity contribution in [2.75, 3.05) is 6.26 Å². The molecule has 4 heteroatoms. The third-order valence-electron chi connectivity index (χ3n) is 1.42. The second kappa shape index (κ2) is 3.76. The third kappa shape index (κ3) is 1.88. The molecule has 1 rings (SSSR count). The Hall–Kier alpha value is -0.770. The van der Waals surface area contributed by atoms with Crippen LogP contribution in [0.2, 0.25) is 0 Å². The molecule has 12 heavy (non-hydrogen) atoms. The summed E-state index contributed by atoms with van der Waals surface area (Å²) in [5.74, 6) is -1.58. The average molecular weight is 190 g/mol. The summed E-state index contributed by atoms with van der Waals surface area (Å²) in [6.45, 7) is 0. The van der Waals surface area contributed by atoms with E-state index >= 15 is 0 Å². The van der Waals surface area contributed by atoms with Crippen LogP contribution in [0.1, 0.15) is 5.56 Å². The first-order chi connectivity index (χ1) is 5.65. The van der Waals surface area contributed by atoms with E-state index < -0.39 is 17.4 Å². The van der Waals surface area contributed by atoms with Crippen LogP contribution in [0.25, 0.3) is 0 Å². The van der Waals surface area contributed by atoms with Gasteiger partial charge in [-0.1, -0.05) is 0 Å². The maximum atomic E-state index is 12.9. The molecule has 0 aliphatic rings. The molecule has 0 unspecified atom stereocenters. The molecule has 0 aliphatic carbocycles. The van der Waals surface area contributed by atoms with Crippen molar-refractivity contribution in [3.63, 3.8) is 0 Å². The zero-order chi connectivity index (χ0) is 9.14. The largest absolute Gasteiger partial charge is 0.505 e. The predicted molar refractivity (Wildman–Crippen MR) is 45.2 cm³/mol.